The first-order valence-corrected chi connectivity index (χ1v) is 15.3. The van der Waals surface area contributed by atoms with Crippen LogP contribution in [-0.4, -0.2) is 14.1 Å². The molecule has 0 unspecified atom stereocenters. The Morgan fingerprint density at radius 3 is 1.91 bits per heavy atom. The average Bonchev–Trinajstić information content (AvgIpc) is 3.60. The van der Waals surface area contributed by atoms with Crippen molar-refractivity contribution in [1.29, 1.82) is 0 Å². The Labute approximate surface area is 255 Å². The van der Waals surface area contributed by atoms with E-state index in [4.69, 9.17) is 4.98 Å². The van der Waals surface area contributed by atoms with E-state index in [1.807, 2.05) is 0 Å². The van der Waals surface area contributed by atoms with Crippen molar-refractivity contribution < 1.29 is 0 Å². The third-order valence-electron chi connectivity index (χ3n) is 8.99. The van der Waals surface area contributed by atoms with E-state index in [9.17, 15) is 0 Å². The lowest BCUT2D eigenvalue weighted by atomic mass is 9.95. The van der Waals surface area contributed by atoms with Crippen LogP contribution in [0.4, 0.5) is 0 Å². The highest BCUT2D eigenvalue weighted by Gasteiger charge is 2.19. The number of fused-ring (bicyclic) bond motifs is 6. The van der Waals surface area contributed by atoms with Crippen LogP contribution in [0.25, 0.3) is 71.9 Å². The summed E-state index contributed by atoms with van der Waals surface area (Å²) in [4.78, 5) is 5.29. The number of hydrogen-bond acceptors (Lipinski definition) is 1. The fourth-order valence-electron chi connectivity index (χ4n) is 6.96. The van der Waals surface area contributed by atoms with Gasteiger partial charge in [0.1, 0.15) is 5.82 Å². The van der Waals surface area contributed by atoms with Crippen LogP contribution in [0.5, 0.6) is 0 Å². The maximum Gasteiger partial charge on any atom is 0.138 e. The molecule has 0 fully saturated rings. The molecule has 0 N–H and O–H groups in total. The van der Waals surface area contributed by atoms with E-state index >= 15 is 0 Å². The molecule has 3 nitrogen and oxygen atoms in total. The summed E-state index contributed by atoms with van der Waals surface area (Å²) >= 11 is 0. The molecule has 5 aromatic carbocycles. The lowest BCUT2D eigenvalue weighted by molar-refractivity contribution is 1.05. The molecule has 3 aromatic heterocycles. The van der Waals surface area contributed by atoms with Crippen molar-refractivity contribution >= 4 is 49.2 Å². The highest BCUT2D eigenvalue weighted by molar-refractivity contribution is 6.18. The minimum Gasteiger partial charge on any atom is -0.309 e. The zero-order chi connectivity index (χ0) is 29.0. The number of benzene rings is 5. The summed E-state index contributed by atoms with van der Waals surface area (Å²) in [7, 11) is 0. The quantitative estimate of drug-likeness (QED) is 0.209. The van der Waals surface area contributed by atoms with Crippen LogP contribution in [-0.2, 0) is 0 Å². The second-order valence-corrected chi connectivity index (χ2v) is 11.5. The van der Waals surface area contributed by atoms with Crippen molar-refractivity contribution in [1.82, 2.24) is 14.1 Å². The van der Waals surface area contributed by atoms with Gasteiger partial charge in [-0.3, -0.25) is 4.57 Å². The second-order valence-electron chi connectivity index (χ2n) is 11.5. The Kier molecular flexibility index (Phi) is 5.63. The standard InChI is InChI=1S/C41H29N3/c1-3-13-28(14-4-1)29-15-11-16-30(25-29)36-21-12-24-41(42-36)44-38-23-10-8-20-33(38)35-26-39-34(27-40(35)44)32-19-7-9-22-37(32)43(39)31-17-5-2-6-18-31/h1-3,5-13,15-27H,4,14H2. The minimum atomic E-state index is 0.921. The fraction of sp³-hybridized carbons (Fsp3) is 0.0488. The van der Waals surface area contributed by atoms with E-state index in [0.29, 0.717) is 0 Å². The number of pyridine rings is 1. The minimum absolute atomic E-state index is 0.921. The second kappa shape index (κ2) is 9.96. The van der Waals surface area contributed by atoms with Crippen molar-refractivity contribution in [2.75, 3.05) is 0 Å². The molecule has 208 valence electrons. The third-order valence-corrected chi connectivity index (χ3v) is 8.99. The zero-order valence-electron chi connectivity index (χ0n) is 24.2. The van der Waals surface area contributed by atoms with Crippen molar-refractivity contribution in [3.8, 4) is 22.8 Å². The molecule has 3 heterocycles. The van der Waals surface area contributed by atoms with Gasteiger partial charge in [0.15, 0.2) is 0 Å². The Morgan fingerprint density at radius 2 is 1.16 bits per heavy atom. The molecule has 8 aromatic rings. The van der Waals surface area contributed by atoms with Crippen molar-refractivity contribution in [3.63, 3.8) is 0 Å². The number of rotatable bonds is 4. The molecule has 0 atom stereocenters. The molecule has 44 heavy (non-hydrogen) atoms. The third kappa shape index (κ3) is 3.86. The predicted octanol–water partition coefficient (Wildman–Crippen LogP) is 10.7. The van der Waals surface area contributed by atoms with E-state index in [1.165, 1.54) is 49.4 Å². The molecule has 0 bridgehead atoms. The van der Waals surface area contributed by atoms with E-state index in [0.717, 1.165) is 41.0 Å². The number of allylic oxidation sites excluding steroid dienone is 4. The van der Waals surface area contributed by atoms with Gasteiger partial charge in [-0.05, 0) is 78.6 Å². The van der Waals surface area contributed by atoms with Gasteiger partial charge in [-0.15, -0.1) is 0 Å². The largest absolute Gasteiger partial charge is 0.309 e. The number of nitrogens with zero attached hydrogens (tertiary/aromatic N) is 3. The number of hydrogen-bond donors (Lipinski definition) is 0. The van der Waals surface area contributed by atoms with Crippen LogP contribution in [0.3, 0.4) is 0 Å². The van der Waals surface area contributed by atoms with Gasteiger partial charge >= 0.3 is 0 Å². The summed E-state index contributed by atoms with van der Waals surface area (Å²) in [5, 5.41) is 4.93. The molecule has 1 aliphatic rings. The van der Waals surface area contributed by atoms with E-state index in [1.54, 1.807) is 0 Å². The normalized spacial score (nSPS) is 13.3. The van der Waals surface area contributed by atoms with Crippen LogP contribution in [0, 0.1) is 0 Å². The monoisotopic (exact) mass is 563 g/mol. The first kappa shape index (κ1) is 24.9. The van der Waals surface area contributed by atoms with E-state index in [-0.39, 0.29) is 0 Å². The molecule has 0 aliphatic heterocycles. The van der Waals surface area contributed by atoms with Gasteiger partial charge < -0.3 is 4.57 Å². The Hall–Kier alpha value is -5.67. The molecule has 3 heteroatoms. The summed E-state index contributed by atoms with van der Waals surface area (Å²) in [5.74, 6) is 0.921. The van der Waals surface area contributed by atoms with E-state index < -0.39 is 0 Å². The maximum absolute atomic E-state index is 5.29. The van der Waals surface area contributed by atoms with Crippen LogP contribution in [0.15, 0.2) is 152 Å². The average molecular weight is 564 g/mol. The number of para-hydroxylation sites is 3. The first-order valence-electron chi connectivity index (χ1n) is 15.3. The Morgan fingerprint density at radius 1 is 0.500 bits per heavy atom. The summed E-state index contributed by atoms with van der Waals surface area (Å²) < 4.78 is 4.72. The molecule has 1 aliphatic carbocycles. The fourth-order valence-corrected chi connectivity index (χ4v) is 6.96. The Bertz CT molecular complexity index is 2440. The molecule has 0 radical (unpaired) electrons. The highest BCUT2D eigenvalue weighted by atomic mass is 15.1. The van der Waals surface area contributed by atoms with Gasteiger partial charge in [-0.1, -0.05) is 97.1 Å². The van der Waals surface area contributed by atoms with Gasteiger partial charge in [0.05, 0.1) is 27.8 Å². The molecular formula is C41H29N3. The van der Waals surface area contributed by atoms with E-state index in [2.05, 4.69) is 161 Å². The van der Waals surface area contributed by atoms with Gasteiger partial charge in [0, 0.05) is 32.8 Å². The maximum atomic E-state index is 5.29. The molecule has 9 rings (SSSR count). The summed E-state index contributed by atoms with van der Waals surface area (Å²) in [6.07, 6.45) is 8.80. The van der Waals surface area contributed by atoms with Gasteiger partial charge in [-0.25, -0.2) is 4.98 Å². The van der Waals surface area contributed by atoms with Crippen LogP contribution in [0.2, 0.25) is 0 Å². The number of aromatic nitrogens is 3. The van der Waals surface area contributed by atoms with Crippen LogP contribution >= 0.6 is 0 Å². The lowest BCUT2D eigenvalue weighted by Crippen LogP contribution is -1.99. The molecule has 0 saturated carbocycles. The first-order chi connectivity index (χ1) is 21.8. The highest BCUT2D eigenvalue weighted by Crippen LogP contribution is 2.39. The Balaban J connectivity index is 1.29. The summed E-state index contributed by atoms with van der Waals surface area (Å²) in [5.41, 5.74) is 10.7. The van der Waals surface area contributed by atoms with Crippen molar-refractivity contribution in [2.45, 2.75) is 12.8 Å². The summed E-state index contributed by atoms with van der Waals surface area (Å²) in [6.45, 7) is 0. The molecule has 0 spiro atoms. The molecule has 0 saturated heterocycles. The smallest absolute Gasteiger partial charge is 0.138 e. The predicted molar refractivity (Wildman–Crippen MR) is 185 cm³/mol. The summed E-state index contributed by atoms with van der Waals surface area (Å²) in [6, 6.07) is 48.0. The van der Waals surface area contributed by atoms with Gasteiger partial charge in [0.25, 0.3) is 0 Å². The van der Waals surface area contributed by atoms with Crippen molar-refractivity contribution in [2.24, 2.45) is 0 Å². The molecule has 0 amide bonds. The van der Waals surface area contributed by atoms with Crippen molar-refractivity contribution in [3.05, 3.63) is 157 Å². The van der Waals surface area contributed by atoms with Crippen LogP contribution in [0.1, 0.15) is 18.4 Å². The SMILES string of the molecule is C1=CCCC(c2cccc(-c3cccc(-n4c5ccccc5c5cc6c(cc54)c4ccccc4n6-c4ccccc4)n3)c2)=C1. The topological polar surface area (TPSA) is 22.8 Å². The lowest BCUT2D eigenvalue weighted by Gasteiger charge is -2.12. The van der Waals surface area contributed by atoms with Gasteiger partial charge in [-0.2, -0.15) is 0 Å². The molecular weight excluding hydrogens is 534 g/mol. The van der Waals surface area contributed by atoms with Gasteiger partial charge in [0.2, 0.25) is 0 Å². The van der Waals surface area contributed by atoms with Crippen LogP contribution < -0.4 is 0 Å². The zero-order valence-corrected chi connectivity index (χ0v) is 24.2.